The van der Waals surface area contributed by atoms with E-state index in [2.05, 4.69) is 15.3 Å². The highest BCUT2D eigenvalue weighted by atomic mass is 35.5. The van der Waals surface area contributed by atoms with Gasteiger partial charge in [0.1, 0.15) is 5.82 Å². The van der Waals surface area contributed by atoms with Crippen molar-refractivity contribution in [2.24, 2.45) is 0 Å². The molecule has 0 amide bonds. The van der Waals surface area contributed by atoms with E-state index in [0.717, 1.165) is 34.0 Å². The van der Waals surface area contributed by atoms with Crippen LogP contribution in [0.3, 0.4) is 0 Å². The van der Waals surface area contributed by atoms with Gasteiger partial charge in [-0.05, 0) is 35.2 Å². The van der Waals surface area contributed by atoms with Crippen LogP contribution in [0.2, 0.25) is 5.02 Å². The van der Waals surface area contributed by atoms with Crippen LogP contribution in [0.4, 0.5) is 4.39 Å². The number of nitrogens with zero attached hydrogens (tertiary/aromatic N) is 2. The van der Waals surface area contributed by atoms with Crippen molar-refractivity contribution in [3.05, 3.63) is 70.1 Å². The molecule has 3 nitrogen and oxygen atoms in total. The Labute approximate surface area is 142 Å². The van der Waals surface area contributed by atoms with Gasteiger partial charge in [0, 0.05) is 5.02 Å². The maximum absolute atomic E-state index is 13.3. The molecule has 0 bridgehead atoms. The molecule has 0 unspecified atom stereocenters. The number of hydrogen-bond acceptors (Lipinski definition) is 3. The number of aromatic nitrogens is 2. The predicted molar refractivity (Wildman–Crippen MR) is 93.8 cm³/mol. The van der Waals surface area contributed by atoms with Gasteiger partial charge in [-0.2, -0.15) is 0 Å². The molecule has 3 aromatic rings. The highest BCUT2D eigenvalue weighted by Gasteiger charge is 2.17. The average Bonchev–Trinajstić information content (AvgIpc) is 3.18. The third kappa shape index (κ3) is 2.71. The molecule has 1 N–H and O–H groups in total. The second-order valence-electron chi connectivity index (χ2n) is 5.27. The molecule has 23 heavy (non-hydrogen) atoms. The van der Waals surface area contributed by atoms with Crippen molar-refractivity contribution in [2.45, 2.75) is 6.54 Å². The van der Waals surface area contributed by atoms with Crippen molar-refractivity contribution >= 4 is 40.1 Å². The molecule has 0 aliphatic carbocycles. The van der Waals surface area contributed by atoms with E-state index in [-0.39, 0.29) is 5.82 Å². The summed E-state index contributed by atoms with van der Waals surface area (Å²) >= 11 is 7.91. The van der Waals surface area contributed by atoms with Crippen LogP contribution in [0, 0.1) is 5.82 Å². The summed E-state index contributed by atoms with van der Waals surface area (Å²) in [6, 6.07) is 12.5. The van der Waals surface area contributed by atoms with Gasteiger partial charge in [-0.3, -0.25) is 0 Å². The minimum absolute atomic E-state index is 0.328. The first-order valence-corrected chi connectivity index (χ1v) is 8.60. The quantitative estimate of drug-likeness (QED) is 0.759. The largest absolute Gasteiger partial charge is 0.372 e. The highest BCUT2D eigenvalue weighted by molar-refractivity contribution is 8.02. The van der Waals surface area contributed by atoms with Gasteiger partial charge in [-0.15, -0.1) is 11.8 Å². The molecule has 0 saturated heterocycles. The van der Waals surface area contributed by atoms with Crippen molar-refractivity contribution in [2.75, 3.05) is 5.88 Å². The monoisotopic (exact) mass is 345 g/mol. The lowest BCUT2D eigenvalue weighted by Gasteiger charge is -2.11. The van der Waals surface area contributed by atoms with E-state index in [1.54, 1.807) is 17.8 Å². The normalized spacial score (nSPS) is 14.1. The van der Waals surface area contributed by atoms with Crippen molar-refractivity contribution in [1.82, 2.24) is 14.9 Å². The van der Waals surface area contributed by atoms with E-state index in [4.69, 9.17) is 16.6 Å². The minimum Gasteiger partial charge on any atom is -0.372 e. The zero-order valence-electron chi connectivity index (χ0n) is 12.1. The summed E-state index contributed by atoms with van der Waals surface area (Å²) in [5, 5.41) is 5.83. The molecular formula is C17H13ClFN3S. The minimum atomic E-state index is -0.328. The SMILES string of the molecule is Fc1ccc(Cn2c(C3=CSCN3)nc3ccccc32)c(Cl)c1. The number of hydrogen-bond donors (Lipinski definition) is 1. The van der Waals surface area contributed by atoms with Crippen molar-refractivity contribution < 1.29 is 4.39 Å². The summed E-state index contributed by atoms with van der Waals surface area (Å²) in [6.45, 7) is 0.540. The van der Waals surface area contributed by atoms with Gasteiger partial charge in [0.05, 0.1) is 29.2 Å². The maximum Gasteiger partial charge on any atom is 0.158 e. The lowest BCUT2D eigenvalue weighted by Crippen LogP contribution is -2.12. The standard InChI is InChI=1S/C17H13ClFN3S/c18-13-7-12(19)6-5-11(13)8-22-16-4-2-1-3-14(16)21-17(22)15-9-23-10-20-15/h1-7,9,20H,8,10H2. The van der Waals surface area contributed by atoms with Crippen molar-refractivity contribution in [1.29, 1.82) is 0 Å². The van der Waals surface area contributed by atoms with Gasteiger partial charge in [0.2, 0.25) is 0 Å². The fraction of sp³-hybridized carbons (Fsp3) is 0.118. The Morgan fingerprint density at radius 1 is 1.26 bits per heavy atom. The zero-order valence-corrected chi connectivity index (χ0v) is 13.7. The van der Waals surface area contributed by atoms with E-state index in [0.29, 0.717) is 11.6 Å². The lowest BCUT2D eigenvalue weighted by atomic mass is 10.2. The third-order valence-electron chi connectivity index (χ3n) is 3.79. The van der Waals surface area contributed by atoms with Gasteiger partial charge in [-0.25, -0.2) is 9.37 Å². The number of rotatable bonds is 3. The predicted octanol–water partition coefficient (Wildman–Crippen LogP) is 4.47. The van der Waals surface area contributed by atoms with E-state index < -0.39 is 0 Å². The molecule has 0 spiro atoms. The average molecular weight is 346 g/mol. The lowest BCUT2D eigenvalue weighted by molar-refractivity contribution is 0.626. The Hall–Kier alpha value is -1.98. The summed E-state index contributed by atoms with van der Waals surface area (Å²) in [5.41, 5.74) is 3.83. The molecule has 1 aromatic heterocycles. The van der Waals surface area contributed by atoms with Crippen LogP contribution in [0.15, 0.2) is 47.9 Å². The van der Waals surface area contributed by atoms with E-state index in [1.807, 2.05) is 24.3 Å². The Morgan fingerprint density at radius 3 is 2.91 bits per heavy atom. The van der Waals surface area contributed by atoms with Gasteiger partial charge < -0.3 is 9.88 Å². The van der Waals surface area contributed by atoms with Crippen LogP contribution < -0.4 is 5.32 Å². The van der Waals surface area contributed by atoms with Crippen LogP contribution >= 0.6 is 23.4 Å². The Bertz CT molecular complexity index is 919. The summed E-state index contributed by atoms with van der Waals surface area (Å²) in [4.78, 5) is 4.74. The number of benzene rings is 2. The Kier molecular flexibility index (Phi) is 3.75. The van der Waals surface area contributed by atoms with Crippen LogP contribution in [-0.2, 0) is 6.54 Å². The summed E-state index contributed by atoms with van der Waals surface area (Å²) in [6.07, 6.45) is 0. The Balaban J connectivity index is 1.85. The number of nitrogens with one attached hydrogen (secondary N) is 1. The fourth-order valence-electron chi connectivity index (χ4n) is 2.68. The van der Waals surface area contributed by atoms with E-state index >= 15 is 0 Å². The molecule has 2 heterocycles. The molecule has 4 rings (SSSR count). The molecule has 1 aliphatic rings. The number of fused-ring (bicyclic) bond motifs is 1. The van der Waals surface area contributed by atoms with Crippen molar-refractivity contribution in [3.63, 3.8) is 0 Å². The molecule has 1 aliphatic heterocycles. The molecule has 6 heteroatoms. The Morgan fingerprint density at radius 2 is 2.13 bits per heavy atom. The highest BCUT2D eigenvalue weighted by Crippen LogP contribution is 2.28. The first-order chi connectivity index (χ1) is 11.2. The molecular weight excluding hydrogens is 333 g/mol. The molecule has 0 saturated carbocycles. The van der Waals surface area contributed by atoms with Crippen LogP contribution in [-0.4, -0.2) is 15.4 Å². The summed E-state index contributed by atoms with van der Waals surface area (Å²) in [5.74, 6) is 1.39. The van der Waals surface area contributed by atoms with Gasteiger partial charge in [-0.1, -0.05) is 29.8 Å². The molecule has 0 radical (unpaired) electrons. The van der Waals surface area contributed by atoms with Gasteiger partial charge in [0.15, 0.2) is 5.82 Å². The van der Waals surface area contributed by atoms with Gasteiger partial charge in [0.25, 0.3) is 0 Å². The van der Waals surface area contributed by atoms with E-state index in [1.165, 1.54) is 12.1 Å². The molecule has 0 fully saturated rings. The summed E-state index contributed by atoms with van der Waals surface area (Å²) < 4.78 is 15.4. The topological polar surface area (TPSA) is 29.9 Å². The molecule has 0 atom stereocenters. The third-order valence-corrected chi connectivity index (χ3v) is 4.85. The second-order valence-corrected chi connectivity index (χ2v) is 6.53. The second kappa shape index (κ2) is 5.91. The molecule has 116 valence electrons. The summed E-state index contributed by atoms with van der Waals surface area (Å²) in [7, 11) is 0. The number of thioether (sulfide) groups is 1. The first-order valence-electron chi connectivity index (χ1n) is 7.17. The van der Waals surface area contributed by atoms with Crippen LogP contribution in [0.25, 0.3) is 16.7 Å². The van der Waals surface area contributed by atoms with Crippen LogP contribution in [0.5, 0.6) is 0 Å². The smallest absolute Gasteiger partial charge is 0.158 e. The molecule has 2 aromatic carbocycles. The fourth-order valence-corrected chi connectivity index (χ4v) is 3.58. The zero-order chi connectivity index (χ0) is 15.8. The maximum atomic E-state index is 13.3. The van der Waals surface area contributed by atoms with E-state index in [9.17, 15) is 4.39 Å². The van der Waals surface area contributed by atoms with Crippen LogP contribution in [0.1, 0.15) is 11.4 Å². The first kappa shape index (κ1) is 14.6. The van der Waals surface area contributed by atoms with Crippen molar-refractivity contribution in [3.8, 4) is 0 Å². The number of imidazole rings is 1. The van der Waals surface area contributed by atoms with Gasteiger partial charge >= 0.3 is 0 Å². The number of halogens is 2. The number of para-hydroxylation sites is 2.